The standard InChI is InChI=1S/C24H26N2O2S/c1-3-29-20-9-6-17(7-10-20)19-14-21(18-8-11-22(27)23(15-18)28-2)25-24(16-19)26-12-4-5-13-26/h6-11,14-16,27H,3-5,12-13H2,1-2H3. The van der Waals surface area contributed by atoms with E-state index in [1.165, 1.54) is 23.3 Å². The fourth-order valence-electron chi connectivity index (χ4n) is 3.69. The van der Waals surface area contributed by atoms with Gasteiger partial charge in [-0.25, -0.2) is 4.98 Å². The van der Waals surface area contributed by atoms with Gasteiger partial charge in [-0.1, -0.05) is 19.1 Å². The van der Waals surface area contributed by atoms with Crippen LogP contribution in [0.5, 0.6) is 11.5 Å². The summed E-state index contributed by atoms with van der Waals surface area (Å²) in [5.41, 5.74) is 4.15. The molecule has 150 valence electrons. The van der Waals surface area contributed by atoms with Crippen molar-refractivity contribution in [3.8, 4) is 33.9 Å². The average molecular weight is 407 g/mol. The fourth-order valence-corrected chi connectivity index (χ4v) is 4.35. The van der Waals surface area contributed by atoms with Gasteiger partial charge in [0.15, 0.2) is 11.5 Å². The van der Waals surface area contributed by atoms with Crippen LogP contribution in [0.1, 0.15) is 19.8 Å². The van der Waals surface area contributed by atoms with Gasteiger partial charge in [0.05, 0.1) is 12.8 Å². The lowest BCUT2D eigenvalue weighted by Crippen LogP contribution is -2.19. The Morgan fingerprint density at radius 3 is 2.38 bits per heavy atom. The number of methoxy groups -OCH3 is 1. The highest BCUT2D eigenvalue weighted by Gasteiger charge is 2.17. The van der Waals surface area contributed by atoms with Crippen LogP contribution in [0.3, 0.4) is 0 Å². The van der Waals surface area contributed by atoms with E-state index < -0.39 is 0 Å². The molecule has 0 radical (unpaired) electrons. The lowest BCUT2D eigenvalue weighted by molar-refractivity contribution is 0.373. The molecule has 1 aliphatic rings. The summed E-state index contributed by atoms with van der Waals surface area (Å²) >= 11 is 1.85. The third-order valence-electron chi connectivity index (χ3n) is 5.22. The van der Waals surface area contributed by atoms with E-state index >= 15 is 0 Å². The van der Waals surface area contributed by atoms with Gasteiger partial charge in [0.2, 0.25) is 0 Å². The molecule has 1 N–H and O–H groups in total. The predicted octanol–water partition coefficient (Wildman–Crippen LogP) is 5.84. The first kappa shape index (κ1) is 19.6. The van der Waals surface area contributed by atoms with Gasteiger partial charge in [0.1, 0.15) is 5.82 Å². The van der Waals surface area contributed by atoms with Crippen molar-refractivity contribution in [1.82, 2.24) is 4.98 Å². The van der Waals surface area contributed by atoms with Crippen LogP contribution in [0.4, 0.5) is 5.82 Å². The Bertz CT molecular complexity index is 983. The van der Waals surface area contributed by atoms with Crippen molar-refractivity contribution in [2.45, 2.75) is 24.7 Å². The van der Waals surface area contributed by atoms with Gasteiger partial charge in [-0.3, -0.25) is 0 Å². The molecule has 0 aliphatic carbocycles. The summed E-state index contributed by atoms with van der Waals surface area (Å²) in [5.74, 6) is 2.67. The van der Waals surface area contributed by atoms with Gasteiger partial charge < -0.3 is 14.7 Å². The van der Waals surface area contributed by atoms with Crippen LogP contribution in [0.2, 0.25) is 0 Å². The molecule has 0 bridgehead atoms. The Hall–Kier alpha value is -2.66. The molecule has 3 aromatic rings. The van der Waals surface area contributed by atoms with E-state index in [4.69, 9.17) is 9.72 Å². The molecule has 0 unspecified atom stereocenters. The lowest BCUT2D eigenvalue weighted by atomic mass is 10.0. The number of phenolic OH excluding ortho intramolecular Hbond substituents is 1. The summed E-state index contributed by atoms with van der Waals surface area (Å²) in [6.45, 7) is 4.25. The molecule has 1 aromatic heterocycles. The van der Waals surface area contributed by atoms with E-state index in [0.29, 0.717) is 5.75 Å². The number of aromatic nitrogens is 1. The summed E-state index contributed by atoms with van der Waals surface area (Å²) in [5, 5.41) is 9.96. The molecular weight excluding hydrogens is 380 g/mol. The minimum absolute atomic E-state index is 0.135. The molecule has 5 heteroatoms. The highest BCUT2D eigenvalue weighted by atomic mass is 32.2. The summed E-state index contributed by atoms with van der Waals surface area (Å²) in [7, 11) is 1.56. The second kappa shape index (κ2) is 8.78. The Morgan fingerprint density at radius 1 is 0.966 bits per heavy atom. The van der Waals surface area contributed by atoms with Crippen molar-refractivity contribution in [3.63, 3.8) is 0 Å². The average Bonchev–Trinajstić information content (AvgIpc) is 3.30. The zero-order valence-electron chi connectivity index (χ0n) is 16.9. The third kappa shape index (κ3) is 4.35. The minimum atomic E-state index is 0.135. The Labute approximate surface area is 176 Å². The zero-order valence-corrected chi connectivity index (χ0v) is 17.7. The summed E-state index contributed by atoms with van der Waals surface area (Å²) < 4.78 is 5.30. The second-order valence-electron chi connectivity index (χ2n) is 7.14. The van der Waals surface area contributed by atoms with Gasteiger partial charge in [0, 0.05) is 23.5 Å². The van der Waals surface area contributed by atoms with Gasteiger partial charge >= 0.3 is 0 Å². The molecule has 4 nitrogen and oxygen atoms in total. The van der Waals surface area contributed by atoms with Gasteiger partial charge in [-0.05, 0) is 72.2 Å². The van der Waals surface area contributed by atoms with Crippen molar-refractivity contribution < 1.29 is 9.84 Å². The molecule has 2 heterocycles. The molecule has 29 heavy (non-hydrogen) atoms. The molecule has 0 saturated carbocycles. The van der Waals surface area contributed by atoms with E-state index in [2.05, 4.69) is 48.2 Å². The normalized spacial score (nSPS) is 13.7. The summed E-state index contributed by atoms with van der Waals surface area (Å²) in [4.78, 5) is 8.59. The number of rotatable bonds is 6. The maximum atomic E-state index is 9.96. The van der Waals surface area contributed by atoms with Crippen molar-refractivity contribution >= 4 is 17.6 Å². The highest BCUT2D eigenvalue weighted by Crippen LogP contribution is 2.35. The van der Waals surface area contributed by atoms with E-state index in [-0.39, 0.29) is 5.75 Å². The van der Waals surface area contributed by atoms with Gasteiger partial charge in [0.25, 0.3) is 0 Å². The van der Waals surface area contributed by atoms with E-state index in [0.717, 1.165) is 41.5 Å². The molecule has 2 aromatic carbocycles. The SMILES string of the molecule is CCSc1ccc(-c2cc(-c3ccc(O)c(OC)c3)nc(N3CCCC3)c2)cc1. The van der Waals surface area contributed by atoms with Crippen LogP contribution < -0.4 is 9.64 Å². The predicted molar refractivity (Wildman–Crippen MR) is 121 cm³/mol. The first-order valence-electron chi connectivity index (χ1n) is 10.1. The number of aromatic hydroxyl groups is 1. The number of phenols is 1. The smallest absolute Gasteiger partial charge is 0.161 e. The van der Waals surface area contributed by atoms with Crippen molar-refractivity contribution in [1.29, 1.82) is 0 Å². The molecule has 1 saturated heterocycles. The van der Waals surface area contributed by atoms with E-state index in [9.17, 15) is 5.11 Å². The van der Waals surface area contributed by atoms with Gasteiger partial charge in [-0.15, -0.1) is 11.8 Å². The quantitative estimate of drug-likeness (QED) is 0.521. The first-order valence-corrected chi connectivity index (χ1v) is 11.0. The number of pyridine rings is 1. The zero-order chi connectivity index (χ0) is 20.2. The number of ether oxygens (including phenoxy) is 1. The van der Waals surface area contributed by atoms with Crippen LogP contribution in [-0.2, 0) is 0 Å². The van der Waals surface area contributed by atoms with E-state index in [1.54, 1.807) is 13.2 Å². The van der Waals surface area contributed by atoms with E-state index in [1.807, 2.05) is 23.9 Å². The second-order valence-corrected chi connectivity index (χ2v) is 8.47. The van der Waals surface area contributed by atoms with Crippen molar-refractivity contribution in [3.05, 3.63) is 54.6 Å². The third-order valence-corrected chi connectivity index (χ3v) is 6.11. The highest BCUT2D eigenvalue weighted by molar-refractivity contribution is 7.99. The molecule has 0 amide bonds. The lowest BCUT2D eigenvalue weighted by Gasteiger charge is -2.19. The first-order chi connectivity index (χ1) is 14.2. The summed E-state index contributed by atoms with van der Waals surface area (Å²) in [6.07, 6.45) is 2.41. The number of thioether (sulfide) groups is 1. The molecular formula is C24H26N2O2S. The van der Waals surface area contributed by atoms with Gasteiger partial charge in [-0.2, -0.15) is 0 Å². The fraction of sp³-hybridized carbons (Fsp3) is 0.292. The minimum Gasteiger partial charge on any atom is -0.504 e. The van der Waals surface area contributed by atoms with Crippen molar-refractivity contribution in [2.75, 3.05) is 30.9 Å². The summed E-state index contributed by atoms with van der Waals surface area (Å²) in [6, 6.07) is 18.4. The Kier molecular flexibility index (Phi) is 5.95. The Balaban J connectivity index is 1.78. The molecule has 4 rings (SSSR count). The Morgan fingerprint density at radius 2 is 1.69 bits per heavy atom. The monoisotopic (exact) mass is 406 g/mol. The van der Waals surface area contributed by atoms with Crippen LogP contribution >= 0.6 is 11.8 Å². The number of hydrogen-bond acceptors (Lipinski definition) is 5. The molecule has 0 atom stereocenters. The number of nitrogens with zero attached hydrogens (tertiary/aromatic N) is 2. The van der Waals surface area contributed by atoms with Crippen LogP contribution in [0.25, 0.3) is 22.4 Å². The molecule has 1 aliphatic heterocycles. The molecule has 1 fully saturated rings. The number of benzene rings is 2. The number of anilines is 1. The molecule has 0 spiro atoms. The van der Waals surface area contributed by atoms with Crippen molar-refractivity contribution in [2.24, 2.45) is 0 Å². The number of hydrogen-bond donors (Lipinski definition) is 1. The van der Waals surface area contributed by atoms with Crippen LogP contribution in [0.15, 0.2) is 59.5 Å². The maximum absolute atomic E-state index is 9.96. The van der Waals surface area contributed by atoms with Crippen LogP contribution in [-0.4, -0.2) is 36.0 Å². The largest absolute Gasteiger partial charge is 0.504 e. The topological polar surface area (TPSA) is 45.6 Å². The van der Waals surface area contributed by atoms with Crippen LogP contribution in [0, 0.1) is 0 Å². The maximum Gasteiger partial charge on any atom is 0.161 e.